The minimum atomic E-state index is -0.290. The van der Waals surface area contributed by atoms with Crippen LogP contribution in [0.4, 0.5) is 4.39 Å². The maximum Gasteiger partial charge on any atom is 0.268 e. The summed E-state index contributed by atoms with van der Waals surface area (Å²) in [5, 5.41) is 3.98. The molecule has 0 spiro atoms. The van der Waals surface area contributed by atoms with Crippen molar-refractivity contribution in [2.75, 3.05) is 5.75 Å². The van der Waals surface area contributed by atoms with Crippen molar-refractivity contribution in [3.63, 3.8) is 0 Å². The molecule has 0 unspecified atom stereocenters. The molecule has 2 aromatic carbocycles. The monoisotopic (exact) mass is 326 g/mol. The van der Waals surface area contributed by atoms with Crippen molar-refractivity contribution in [2.24, 2.45) is 0 Å². The van der Waals surface area contributed by atoms with E-state index in [0.29, 0.717) is 12.2 Å². The van der Waals surface area contributed by atoms with Crippen LogP contribution >= 0.6 is 11.8 Å². The normalized spacial score (nSPS) is 13.3. The number of amides is 1. The van der Waals surface area contributed by atoms with Crippen LogP contribution in [0.2, 0.25) is 0 Å². The van der Waals surface area contributed by atoms with E-state index in [1.807, 2.05) is 30.0 Å². The molecule has 2 heterocycles. The van der Waals surface area contributed by atoms with Crippen molar-refractivity contribution in [1.82, 2.24) is 9.88 Å². The molecule has 1 N–H and O–H groups in total. The molecule has 0 saturated carbocycles. The highest BCUT2D eigenvalue weighted by molar-refractivity contribution is 7.99. The molecule has 23 heavy (non-hydrogen) atoms. The number of nitrogens with zero attached hydrogens (tertiary/aromatic N) is 1. The van der Waals surface area contributed by atoms with Gasteiger partial charge in [0.2, 0.25) is 0 Å². The number of halogens is 1. The van der Waals surface area contributed by atoms with Crippen molar-refractivity contribution in [2.45, 2.75) is 18.0 Å². The number of thioether (sulfide) groups is 1. The van der Waals surface area contributed by atoms with Gasteiger partial charge in [0, 0.05) is 29.1 Å². The van der Waals surface area contributed by atoms with Crippen molar-refractivity contribution in [3.05, 3.63) is 65.6 Å². The highest BCUT2D eigenvalue weighted by atomic mass is 32.2. The third kappa shape index (κ3) is 2.61. The first-order chi connectivity index (χ1) is 11.2. The molecule has 0 aliphatic carbocycles. The van der Waals surface area contributed by atoms with Gasteiger partial charge in [0.1, 0.15) is 11.5 Å². The Balaban J connectivity index is 1.62. The van der Waals surface area contributed by atoms with Gasteiger partial charge in [-0.3, -0.25) is 4.79 Å². The zero-order valence-electron chi connectivity index (χ0n) is 12.4. The fraction of sp³-hybridized carbons (Fsp3) is 0.167. The number of hydrogen-bond donors (Lipinski definition) is 1. The number of para-hydroxylation sites is 1. The molecule has 3 nitrogen and oxygen atoms in total. The smallest absolute Gasteiger partial charge is 0.268 e. The standard InChI is InChI=1S/C18H15FN2OS/c19-14-5-1-3-12(9-14)11-20-18(22)15-10-13-4-2-6-16-17(13)21(15)7-8-23-16/h1-6,9-10H,7-8,11H2,(H,20,22). The Kier molecular flexibility index (Phi) is 3.58. The lowest BCUT2D eigenvalue weighted by Crippen LogP contribution is -2.26. The summed E-state index contributed by atoms with van der Waals surface area (Å²) in [5.41, 5.74) is 2.56. The van der Waals surface area contributed by atoms with E-state index in [2.05, 4.69) is 16.0 Å². The van der Waals surface area contributed by atoms with Crippen LogP contribution in [0.1, 0.15) is 16.1 Å². The van der Waals surface area contributed by atoms with Crippen LogP contribution in [0.15, 0.2) is 53.4 Å². The average Bonchev–Trinajstić information content (AvgIpc) is 2.94. The number of aromatic nitrogens is 1. The van der Waals surface area contributed by atoms with Crippen molar-refractivity contribution in [3.8, 4) is 0 Å². The quantitative estimate of drug-likeness (QED) is 0.794. The molecule has 0 saturated heterocycles. The van der Waals surface area contributed by atoms with E-state index in [0.717, 1.165) is 28.8 Å². The van der Waals surface area contributed by atoms with Crippen LogP contribution < -0.4 is 5.32 Å². The molecule has 0 fully saturated rings. The average molecular weight is 326 g/mol. The molecular weight excluding hydrogens is 311 g/mol. The SMILES string of the molecule is O=C(NCc1cccc(F)c1)c1cc2cccc3c2n1CCS3. The molecule has 0 bridgehead atoms. The van der Waals surface area contributed by atoms with E-state index >= 15 is 0 Å². The Hall–Kier alpha value is -2.27. The van der Waals surface area contributed by atoms with E-state index in [-0.39, 0.29) is 11.7 Å². The van der Waals surface area contributed by atoms with E-state index in [9.17, 15) is 9.18 Å². The van der Waals surface area contributed by atoms with Crippen molar-refractivity contribution < 1.29 is 9.18 Å². The molecule has 1 aliphatic heterocycles. The number of carbonyl (C=O) groups excluding carboxylic acids is 1. The lowest BCUT2D eigenvalue weighted by molar-refractivity contribution is 0.0942. The second-order valence-electron chi connectivity index (χ2n) is 5.54. The van der Waals surface area contributed by atoms with Gasteiger partial charge in [-0.1, -0.05) is 24.3 Å². The van der Waals surface area contributed by atoms with E-state index < -0.39 is 0 Å². The first-order valence-corrected chi connectivity index (χ1v) is 8.48. The summed E-state index contributed by atoms with van der Waals surface area (Å²) in [6.45, 7) is 1.15. The van der Waals surface area contributed by atoms with E-state index in [1.54, 1.807) is 12.1 Å². The Bertz CT molecular complexity index is 903. The summed E-state index contributed by atoms with van der Waals surface area (Å²) < 4.78 is 15.3. The highest BCUT2D eigenvalue weighted by Crippen LogP contribution is 2.34. The fourth-order valence-corrected chi connectivity index (χ4v) is 4.03. The van der Waals surface area contributed by atoms with Gasteiger partial charge in [0.15, 0.2) is 0 Å². The summed E-state index contributed by atoms with van der Waals surface area (Å²) in [5.74, 6) is 0.551. The summed E-state index contributed by atoms with van der Waals surface area (Å²) in [6, 6.07) is 14.4. The van der Waals surface area contributed by atoms with E-state index in [4.69, 9.17) is 0 Å². The van der Waals surface area contributed by atoms with Gasteiger partial charge in [-0.15, -0.1) is 11.8 Å². The molecule has 4 rings (SSSR count). The lowest BCUT2D eigenvalue weighted by Gasteiger charge is -2.17. The minimum absolute atomic E-state index is 0.122. The third-order valence-electron chi connectivity index (χ3n) is 4.03. The van der Waals surface area contributed by atoms with Gasteiger partial charge >= 0.3 is 0 Å². The topological polar surface area (TPSA) is 34.0 Å². The predicted octanol–water partition coefficient (Wildman–Crippen LogP) is 3.82. The Morgan fingerprint density at radius 2 is 2.09 bits per heavy atom. The fourth-order valence-electron chi connectivity index (χ4n) is 2.99. The summed E-state index contributed by atoms with van der Waals surface area (Å²) in [6.07, 6.45) is 0. The highest BCUT2D eigenvalue weighted by Gasteiger charge is 2.20. The van der Waals surface area contributed by atoms with Crippen LogP contribution in [0.25, 0.3) is 10.9 Å². The van der Waals surface area contributed by atoms with Crippen LogP contribution in [0.5, 0.6) is 0 Å². The number of aryl methyl sites for hydroxylation is 1. The molecule has 1 aromatic heterocycles. The molecule has 1 amide bonds. The second kappa shape index (κ2) is 5.74. The molecular formula is C18H15FN2OS. The maximum absolute atomic E-state index is 13.2. The van der Waals surface area contributed by atoms with Gasteiger partial charge in [-0.2, -0.15) is 0 Å². The third-order valence-corrected chi connectivity index (χ3v) is 5.06. The second-order valence-corrected chi connectivity index (χ2v) is 6.67. The van der Waals surface area contributed by atoms with Gasteiger partial charge < -0.3 is 9.88 Å². The van der Waals surface area contributed by atoms with Crippen LogP contribution in [0, 0.1) is 5.82 Å². The first kappa shape index (κ1) is 14.3. The summed E-state index contributed by atoms with van der Waals surface area (Å²) >= 11 is 1.82. The van der Waals surface area contributed by atoms with E-state index in [1.165, 1.54) is 17.0 Å². The number of carbonyl (C=O) groups is 1. The Morgan fingerprint density at radius 1 is 1.22 bits per heavy atom. The molecule has 0 radical (unpaired) electrons. The zero-order valence-corrected chi connectivity index (χ0v) is 13.2. The summed E-state index contributed by atoms with van der Waals surface area (Å²) in [7, 11) is 0. The lowest BCUT2D eigenvalue weighted by atomic mass is 10.2. The molecule has 1 aliphatic rings. The predicted molar refractivity (Wildman–Crippen MR) is 90.2 cm³/mol. The van der Waals surface area contributed by atoms with Gasteiger partial charge in [0.05, 0.1) is 5.52 Å². The molecule has 5 heteroatoms. The number of benzene rings is 2. The van der Waals surface area contributed by atoms with Gasteiger partial charge in [-0.05, 0) is 29.8 Å². The van der Waals surface area contributed by atoms with Crippen molar-refractivity contribution in [1.29, 1.82) is 0 Å². The molecule has 116 valence electrons. The van der Waals surface area contributed by atoms with Crippen LogP contribution in [-0.2, 0) is 13.1 Å². The Labute approximate surface area is 137 Å². The van der Waals surface area contributed by atoms with Gasteiger partial charge in [-0.25, -0.2) is 4.39 Å². The van der Waals surface area contributed by atoms with Gasteiger partial charge in [0.25, 0.3) is 5.91 Å². The maximum atomic E-state index is 13.2. The number of nitrogens with one attached hydrogen (secondary N) is 1. The van der Waals surface area contributed by atoms with Crippen LogP contribution in [-0.4, -0.2) is 16.2 Å². The number of hydrogen-bond acceptors (Lipinski definition) is 2. The number of rotatable bonds is 3. The summed E-state index contributed by atoms with van der Waals surface area (Å²) in [4.78, 5) is 13.8. The zero-order chi connectivity index (χ0) is 15.8. The van der Waals surface area contributed by atoms with Crippen molar-refractivity contribution >= 4 is 28.6 Å². The minimum Gasteiger partial charge on any atom is -0.347 e. The largest absolute Gasteiger partial charge is 0.347 e. The Morgan fingerprint density at radius 3 is 2.96 bits per heavy atom. The van der Waals surface area contributed by atoms with Crippen LogP contribution in [0.3, 0.4) is 0 Å². The first-order valence-electron chi connectivity index (χ1n) is 7.50. The molecule has 0 atom stereocenters. The molecule has 3 aromatic rings.